The molecule has 7 nitrogen and oxygen atoms in total. The molecule has 2 N–H and O–H groups in total. The second kappa shape index (κ2) is 8.20. The Morgan fingerprint density at radius 3 is 2.44 bits per heavy atom. The van der Waals surface area contributed by atoms with Crippen LogP contribution < -0.4 is 5.32 Å². The molecule has 2 heterocycles. The number of aliphatic hydroxyl groups is 1. The van der Waals surface area contributed by atoms with Gasteiger partial charge in [0.1, 0.15) is 18.0 Å². The summed E-state index contributed by atoms with van der Waals surface area (Å²) in [4.78, 5) is 29.7. The second-order valence-electron chi connectivity index (χ2n) is 11.5. The molecular formula is C24H38FN3O4. The van der Waals surface area contributed by atoms with Crippen molar-refractivity contribution in [1.29, 1.82) is 0 Å². The molecule has 0 spiro atoms. The molecule has 4 unspecified atom stereocenters. The maximum atomic E-state index is 13.7. The first-order valence-electron chi connectivity index (χ1n) is 12.6. The molecule has 5 fully saturated rings. The number of rotatable bonds is 3. The summed E-state index contributed by atoms with van der Waals surface area (Å²) in [7, 11) is 0. The van der Waals surface area contributed by atoms with Crippen LogP contribution in [0.15, 0.2) is 0 Å². The molecule has 32 heavy (non-hydrogen) atoms. The van der Waals surface area contributed by atoms with Crippen molar-refractivity contribution in [1.82, 2.24) is 15.1 Å². The summed E-state index contributed by atoms with van der Waals surface area (Å²) in [5.74, 6) is 0.408. The Hall–Kier alpha value is -1.25. The minimum Gasteiger partial charge on any atom is -0.380 e. The number of ether oxygens (including phenoxy) is 1. The highest BCUT2D eigenvalue weighted by Crippen LogP contribution is 2.40. The van der Waals surface area contributed by atoms with Crippen molar-refractivity contribution < 1.29 is 23.8 Å². The van der Waals surface area contributed by atoms with Crippen molar-refractivity contribution >= 4 is 11.8 Å². The predicted molar refractivity (Wildman–Crippen MR) is 116 cm³/mol. The minimum absolute atomic E-state index is 0.00873. The number of fused-ring (bicyclic) bond motifs is 1. The Bertz CT molecular complexity index is 750. The Morgan fingerprint density at radius 2 is 1.78 bits per heavy atom. The van der Waals surface area contributed by atoms with Crippen LogP contribution in [0.2, 0.25) is 0 Å². The van der Waals surface area contributed by atoms with Gasteiger partial charge in [0.2, 0.25) is 5.91 Å². The molecule has 2 saturated heterocycles. The molecule has 0 radical (unpaired) electrons. The van der Waals surface area contributed by atoms with E-state index >= 15 is 0 Å². The fraction of sp³-hybridized carbons (Fsp3) is 0.917. The fourth-order valence-electron chi connectivity index (χ4n) is 6.37. The van der Waals surface area contributed by atoms with Crippen LogP contribution in [0, 0.1) is 11.8 Å². The van der Waals surface area contributed by atoms with E-state index in [-0.39, 0.29) is 36.1 Å². The molecular weight excluding hydrogens is 413 g/mol. The van der Waals surface area contributed by atoms with Crippen molar-refractivity contribution in [3.63, 3.8) is 0 Å². The predicted octanol–water partition coefficient (Wildman–Crippen LogP) is 1.97. The van der Waals surface area contributed by atoms with Gasteiger partial charge in [-0.25, -0.2) is 4.39 Å². The Kier molecular flexibility index (Phi) is 5.78. The first kappa shape index (κ1) is 22.5. The Morgan fingerprint density at radius 1 is 1.06 bits per heavy atom. The van der Waals surface area contributed by atoms with Crippen LogP contribution >= 0.6 is 0 Å². The lowest BCUT2D eigenvalue weighted by molar-refractivity contribution is -0.156. The molecule has 180 valence electrons. The summed E-state index contributed by atoms with van der Waals surface area (Å²) < 4.78 is 20.0. The third kappa shape index (κ3) is 4.18. The summed E-state index contributed by atoms with van der Waals surface area (Å²) in [5, 5.41) is 13.7. The monoisotopic (exact) mass is 451 g/mol. The van der Waals surface area contributed by atoms with Crippen LogP contribution in [0.5, 0.6) is 0 Å². The highest BCUT2D eigenvalue weighted by molar-refractivity contribution is 5.88. The smallest absolute Gasteiger partial charge is 0.254 e. The third-order valence-corrected chi connectivity index (χ3v) is 8.55. The van der Waals surface area contributed by atoms with E-state index in [2.05, 4.69) is 5.32 Å². The van der Waals surface area contributed by atoms with Crippen LogP contribution in [-0.2, 0) is 14.3 Å². The van der Waals surface area contributed by atoms with Crippen LogP contribution in [0.3, 0.4) is 0 Å². The van der Waals surface area contributed by atoms with Gasteiger partial charge in [0.15, 0.2) is 0 Å². The summed E-state index contributed by atoms with van der Waals surface area (Å²) in [6.07, 6.45) is 6.04. The van der Waals surface area contributed by atoms with Gasteiger partial charge in [0, 0.05) is 31.6 Å². The summed E-state index contributed by atoms with van der Waals surface area (Å²) in [6, 6.07) is 0.136. The number of hydrogen-bond acceptors (Lipinski definition) is 5. The van der Waals surface area contributed by atoms with Gasteiger partial charge >= 0.3 is 0 Å². The zero-order chi connectivity index (χ0) is 22.7. The van der Waals surface area contributed by atoms with Gasteiger partial charge in [-0.1, -0.05) is 0 Å². The van der Waals surface area contributed by atoms with Crippen LogP contribution in [-0.4, -0.2) is 82.0 Å². The van der Waals surface area contributed by atoms with E-state index in [1.165, 1.54) is 0 Å². The standard InChI is InChI=1S/C24H38FN3O4/c1-23(2)14-27(22(30)24(31)9-10-24)11-12-28(23)21(29)16-5-3-15(4-6-16)20-26-18-13-17(25)7-8-19(18)32-20/h15-20,26,31H,3-14H2,1-2H3. The summed E-state index contributed by atoms with van der Waals surface area (Å²) in [6.45, 7) is 5.51. The topological polar surface area (TPSA) is 82.1 Å². The number of nitrogens with zero attached hydrogens (tertiary/aromatic N) is 2. The zero-order valence-electron chi connectivity index (χ0n) is 19.4. The number of carbonyl (C=O) groups is 2. The average molecular weight is 452 g/mol. The van der Waals surface area contributed by atoms with Crippen LogP contribution in [0.4, 0.5) is 4.39 Å². The Balaban J connectivity index is 1.13. The van der Waals surface area contributed by atoms with E-state index in [4.69, 9.17) is 4.74 Å². The second-order valence-corrected chi connectivity index (χ2v) is 11.5. The number of amides is 2. The lowest BCUT2D eigenvalue weighted by Gasteiger charge is -2.49. The van der Waals surface area contributed by atoms with E-state index in [1.807, 2.05) is 18.7 Å². The van der Waals surface area contributed by atoms with Crippen LogP contribution in [0.1, 0.15) is 71.6 Å². The SMILES string of the molecule is CC1(C)CN(C(=O)C2(O)CC2)CCN1C(=O)C1CCC(C2NC3CC(F)CCC3O2)CC1. The quantitative estimate of drug-likeness (QED) is 0.686. The Labute approximate surface area is 190 Å². The number of piperazine rings is 1. The van der Waals surface area contributed by atoms with Gasteiger partial charge in [-0.05, 0) is 77.6 Å². The highest BCUT2D eigenvalue weighted by Gasteiger charge is 2.52. The van der Waals surface area contributed by atoms with Gasteiger partial charge in [0.05, 0.1) is 11.6 Å². The number of alkyl halides is 1. The van der Waals surface area contributed by atoms with E-state index in [1.54, 1.807) is 4.90 Å². The molecule has 8 heteroatoms. The molecule has 5 aliphatic rings. The molecule has 0 aromatic rings. The van der Waals surface area contributed by atoms with E-state index in [0.29, 0.717) is 51.2 Å². The maximum absolute atomic E-state index is 13.7. The van der Waals surface area contributed by atoms with Gasteiger partial charge in [-0.2, -0.15) is 0 Å². The van der Waals surface area contributed by atoms with Gasteiger partial charge < -0.3 is 19.6 Å². The molecule has 0 aromatic carbocycles. The van der Waals surface area contributed by atoms with E-state index < -0.39 is 17.3 Å². The van der Waals surface area contributed by atoms with Crippen molar-refractivity contribution in [2.24, 2.45) is 11.8 Å². The van der Waals surface area contributed by atoms with Gasteiger partial charge in [-0.3, -0.25) is 14.9 Å². The number of nitrogens with one attached hydrogen (secondary N) is 1. The van der Waals surface area contributed by atoms with Gasteiger partial charge in [0.25, 0.3) is 5.91 Å². The normalized spacial score (nSPS) is 40.6. The fourth-order valence-corrected chi connectivity index (χ4v) is 6.37. The zero-order valence-corrected chi connectivity index (χ0v) is 19.4. The molecule has 2 amide bonds. The number of carbonyl (C=O) groups excluding carboxylic acids is 2. The largest absolute Gasteiger partial charge is 0.380 e. The average Bonchev–Trinajstić information content (AvgIpc) is 3.37. The molecule has 0 aromatic heterocycles. The molecule has 2 aliphatic heterocycles. The number of halogens is 1. The maximum Gasteiger partial charge on any atom is 0.254 e. The molecule has 3 aliphatic carbocycles. The van der Waals surface area contributed by atoms with Crippen LogP contribution in [0.25, 0.3) is 0 Å². The third-order valence-electron chi connectivity index (χ3n) is 8.55. The van der Waals surface area contributed by atoms with Gasteiger partial charge in [-0.15, -0.1) is 0 Å². The van der Waals surface area contributed by atoms with Crippen molar-refractivity contribution in [3.8, 4) is 0 Å². The molecule has 4 atom stereocenters. The minimum atomic E-state index is -1.15. The van der Waals surface area contributed by atoms with E-state index in [0.717, 1.165) is 32.1 Å². The lowest BCUT2D eigenvalue weighted by Crippen LogP contribution is -2.64. The van der Waals surface area contributed by atoms with E-state index in [9.17, 15) is 19.1 Å². The molecule has 5 rings (SSSR count). The lowest BCUT2D eigenvalue weighted by atomic mass is 9.79. The van der Waals surface area contributed by atoms with Crippen molar-refractivity contribution in [2.45, 2.75) is 107 Å². The molecule has 0 bridgehead atoms. The summed E-state index contributed by atoms with van der Waals surface area (Å²) in [5.41, 5.74) is -1.60. The molecule has 3 saturated carbocycles. The first-order valence-corrected chi connectivity index (χ1v) is 12.6. The highest BCUT2D eigenvalue weighted by atomic mass is 19.1. The number of hydrogen-bond donors (Lipinski definition) is 2. The van der Waals surface area contributed by atoms with Crippen molar-refractivity contribution in [3.05, 3.63) is 0 Å². The first-order chi connectivity index (χ1) is 15.2. The van der Waals surface area contributed by atoms with Crippen molar-refractivity contribution in [2.75, 3.05) is 19.6 Å². The summed E-state index contributed by atoms with van der Waals surface area (Å²) >= 11 is 0.